The molecule has 1 amide bonds. The van der Waals surface area contributed by atoms with Crippen LogP contribution >= 0.6 is 22.9 Å². The highest BCUT2D eigenvalue weighted by molar-refractivity contribution is 7.91. The molecular weight excluding hydrogens is 468 g/mol. The highest BCUT2D eigenvalue weighted by Crippen LogP contribution is 2.29. The Balaban J connectivity index is 1.54. The normalized spacial score (nSPS) is 17.1. The van der Waals surface area contributed by atoms with Gasteiger partial charge in [0.25, 0.3) is 10.0 Å². The highest BCUT2D eigenvalue weighted by atomic mass is 35.5. The number of halogens is 1. The Hall–Kier alpha value is -2.52. The Kier molecular flexibility index (Phi) is 6.76. The van der Waals surface area contributed by atoms with Gasteiger partial charge in [0.15, 0.2) is 5.78 Å². The van der Waals surface area contributed by atoms with Crippen LogP contribution in [0.1, 0.15) is 28.8 Å². The number of rotatable bonds is 6. The van der Waals surface area contributed by atoms with Gasteiger partial charge in [-0.25, -0.2) is 8.42 Å². The van der Waals surface area contributed by atoms with Crippen molar-refractivity contribution in [2.75, 3.05) is 18.4 Å². The van der Waals surface area contributed by atoms with Gasteiger partial charge in [-0.15, -0.1) is 11.3 Å². The number of nitrogens with one attached hydrogen (secondary N) is 1. The van der Waals surface area contributed by atoms with E-state index >= 15 is 0 Å². The summed E-state index contributed by atoms with van der Waals surface area (Å²) in [6.07, 6.45) is 1.14. The van der Waals surface area contributed by atoms with Crippen LogP contribution in [-0.4, -0.2) is 37.5 Å². The Labute approximate surface area is 195 Å². The number of anilines is 1. The number of hydrogen-bond donors (Lipinski definition) is 1. The van der Waals surface area contributed by atoms with Gasteiger partial charge in [-0.2, -0.15) is 4.31 Å². The summed E-state index contributed by atoms with van der Waals surface area (Å²) in [5.41, 5.74) is 1.14. The van der Waals surface area contributed by atoms with Gasteiger partial charge < -0.3 is 5.32 Å². The molecule has 2 aromatic carbocycles. The van der Waals surface area contributed by atoms with Gasteiger partial charge in [0.05, 0.1) is 11.6 Å². The first-order chi connectivity index (χ1) is 15.4. The first-order valence-electron chi connectivity index (χ1n) is 10.1. The molecule has 2 heterocycles. The first-order valence-corrected chi connectivity index (χ1v) is 12.8. The summed E-state index contributed by atoms with van der Waals surface area (Å²) in [6, 6.07) is 16.8. The molecule has 0 radical (unpaired) electrons. The quantitative estimate of drug-likeness (QED) is 0.511. The molecule has 32 heavy (non-hydrogen) atoms. The Morgan fingerprint density at radius 3 is 2.56 bits per heavy atom. The molecule has 1 atom stereocenters. The van der Waals surface area contributed by atoms with Crippen LogP contribution in [0.25, 0.3) is 0 Å². The molecule has 166 valence electrons. The fourth-order valence-corrected chi connectivity index (χ4v) is 6.55. The van der Waals surface area contributed by atoms with Crippen molar-refractivity contribution in [3.63, 3.8) is 0 Å². The number of carbonyl (C=O) groups is 2. The number of thiophene rings is 1. The maximum absolute atomic E-state index is 13.1. The summed E-state index contributed by atoms with van der Waals surface area (Å²) >= 11 is 7.29. The number of benzene rings is 2. The second kappa shape index (κ2) is 9.54. The van der Waals surface area contributed by atoms with E-state index in [0.29, 0.717) is 41.2 Å². The van der Waals surface area contributed by atoms with E-state index in [1.807, 2.05) is 6.07 Å². The lowest BCUT2D eigenvalue weighted by molar-refractivity contribution is -0.120. The van der Waals surface area contributed by atoms with Crippen LogP contribution in [0.3, 0.4) is 0 Å². The lowest BCUT2D eigenvalue weighted by Crippen LogP contribution is -2.43. The predicted octanol–water partition coefficient (Wildman–Crippen LogP) is 4.67. The number of sulfonamides is 1. The third-order valence-corrected chi connectivity index (χ3v) is 8.84. The summed E-state index contributed by atoms with van der Waals surface area (Å²) in [5.74, 6) is -1.10. The smallest absolute Gasteiger partial charge is 0.252 e. The van der Waals surface area contributed by atoms with Crippen LogP contribution < -0.4 is 5.32 Å². The van der Waals surface area contributed by atoms with Gasteiger partial charge in [-0.05, 0) is 42.5 Å². The lowest BCUT2D eigenvalue weighted by Gasteiger charge is -2.31. The van der Waals surface area contributed by atoms with E-state index in [1.165, 1.54) is 4.31 Å². The van der Waals surface area contributed by atoms with Crippen molar-refractivity contribution in [2.45, 2.75) is 17.1 Å². The molecule has 0 bridgehead atoms. The van der Waals surface area contributed by atoms with E-state index in [0.717, 1.165) is 11.3 Å². The second-order valence-corrected chi connectivity index (χ2v) is 11.1. The van der Waals surface area contributed by atoms with E-state index in [4.69, 9.17) is 11.6 Å². The predicted molar refractivity (Wildman–Crippen MR) is 126 cm³/mol. The summed E-state index contributed by atoms with van der Waals surface area (Å²) in [6.45, 7) is 0.466. The maximum atomic E-state index is 13.1. The Morgan fingerprint density at radius 1 is 1.06 bits per heavy atom. The van der Waals surface area contributed by atoms with Gasteiger partial charge in [0.2, 0.25) is 5.91 Å². The zero-order chi connectivity index (χ0) is 22.7. The molecule has 1 aromatic heterocycles. The molecule has 1 saturated heterocycles. The minimum atomic E-state index is -3.63. The minimum absolute atomic E-state index is 0.0919. The van der Waals surface area contributed by atoms with Gasteiger partial charge in [-0.1, -0.05) is 48.0 Å². The van der Waals surface area contributed by atoms with E-state index in [2.05, 4.69) is 5.32 Å². The third-order valence-electron chi connectivity index (χ3n) is 5.36. The van der Waals surface area contributed by atoms with Gasteiger partial charge in [0.1, 0.15) is 4.21 Å². The molecule has 3 aromatic rings. The third kappa shape index (κ3) is 4.78. The van der Waals surface area contributed by atoms with Crippen molar-refractivity contribution in [2.24, 2.45) is 5.92 Å². The summed E-state index contributed by atoms with van der Waals surface area (Å²) in [7, 11) is -3.63. The highest BCUT2D eigenvalue weighted by Gasteiger charge is 2.34. The van der Waals surface area contributed by atoms with Crippen LogP contribution in [0.15, 0.2) is 70.3 Å². The summed E-state index contributed by atoms with van der Waals surface area (Å²) < 4.78 is 27.4. The fraction of sp³-hybridized carbons (Fsp3) is 0.217. The summed E-state index contributed by atoms with van der Waals surface area (Å²) in [5, 5.41) is 4.91. The molecule has 0 saturated carbocycles. The van der Waals surface area contributed by atoms with Gasteiger partial charge >= 0.3 is 0 Å². The first kappa shape index (κ1) is 22.7. The van der Waals surface area contributed by atoms with E-state index in [9.17, 15) is 18.0 Å². The number of ketones is 1. The molecule has 1 aliphatic rings. The number of amides is 1. The van der Waals surface area contributed by atoms with E-state index in [-0.39, 0.29) is 22.4 Å². The molecule has 1 aliphatic heterocycles. The number of carbonyl (C=O) groups excluding carboxylic acids is 2. The zero-order valence-electron chi connectivity index (χ0n) is 17.0. The average molecular weight is 489 g/mol. The lowest BCUT2D eigenvalue weighted by atomic mass is 9.97. The zero-order valence-corrected chi connectivity index (χ0v) is 19.4. The van der Waals surface area contributed by atoms with E-state index < -0.39 is 15.9 Å². The van der Waals surface area contributed by atoms with Crippen molar-refractivity contribution >= 4 is 50.3 Å². The Morgan fingerprint density at radius 2 is 1.84 bits per heavy atom. The van der Waals surface area contributed by atoms with Crippen molar-refractivity contribution in [3.8, 4) is 0 Å². The van der Waals surface area contributed by atoms with Crippen LogP contribution in [0.5, 0.6) is 0 Å². The topological polar surface area (TPSA) is 83.6 Å². The standard InChI is InChI=1S/C23H21ClN2O4S2/c24-18-10-11-19(22(27)16-6-2-1-3-7-16)20(14-18)25-23(28)17-8-4-12-26(15-17)32(29,30)21-9-5-13-31-21/h1-3,5-7,9-11,13-14,17H,4,8,12,15H2,(H,25,28)/t17-/m1/s1. The summed E-state index contributed by atoms with van der Waals surface area (Å²) in [4.78, 5) is 26.0. The van der Waals surface area contributed by atoms with Crippen molar-refractivity contribution in [1.82, 2.24) is 4.31 Å². The largest absolute Gasteiger partial charge is 0.325 e. The molecule has 1 fully saturated rings. The van der Waals surface area contributed by atoms with Crippen LogP contribution in [-0.2, 0) is 14.8 Å². The molecule has 0 spiro atoms. The fourth-order valence-electron chi connectivity index (χ4n) is 3.71. The van der Waals surface area contributed by atoms with Crippen LogP contribution in [0, 0.1) is 5.92 Å². The van der Waals surface area contributed by atoms with Crippen LogP contribution in [0.2, 0.25) is 5.02 Å². The van der Waals surface area contributed by atoms with Crippen molar-refractivity contribution in [3.05, 3.63) is 82.2 Å². The molecule has 1 N–H and O–H groups in total. The molecular formula is C23H21ClN2O4S2. The second-order valence-electron chi connectivity index (χ2n) is 7.51. The molecule has 4 rings (SSSR count). The van der Waals surface area contributed by atoms with Gasteiger partial charge in [-0.3, -0.25) is 9.59 Å². The minimum Gasteiger partial charge on any atom is -0.325 e. The Bertz CT molecular complexity index is 1230. The SMILES string of the molecule is O=C(c1ccccc1)c1ccc(Cl)cc1NC(=O)[C@@H]1CCCN(S(=O)(=O)c2cccs2)C1. The van der Waals surface area contributed by atoms with Crippen molar-refractivity contribution < 1.29 is 18.0 Å². The number of piperidine rings is 1. The monoisotopic (exact) mass is 488 g/mol. The van der Waals surface area contributed by atoms with Crippen LogP contribution in [0.4, 0.5) is 5.69 Å². The maximum Gasteiger partial charge on any atom is 0.252 e. The number of hydrogen-bond acceptors (Lipinski definition) is 5. The van der Waals surface area contributed by atoms with Gasteiger partial charge in [0, 0.05) is 29.2 Å². The average Bonchev–Trinajstić information content (AvgIpc) is 3.35. The number of nitrogens with zero attached hydrogens (tertiary/aromatic N) is 1. The molecule has 0 unspecified atom stereocenters. The molecule has 0 aliphatic carbocycles. The van der Waals surface area contributed by atoms with E-state index in [1.54, 1.807) is 60.0 Å². The van der Waals surface area contributed by atoms with Crippen molar-refractivity contribution in [1.29, 1.82) is 0 Å². The molecule has 6 nitrogen and oxygen atoms in total. The molecule has 9 heteroatoms.